The lowest BCUT2D eigenvalue weighted by Crippen LogP contribution is -2.46. The van der Waals surface area contributed by atoms with Crippen LogP contribution < -0.4 is 0 Å². The molecule has 2 rings (SSSR count). The zero-order chi connectivity index (χ0) is 13.2. The molecule has 6 heteroatoms. The minimum atomic E-state index is -2.95. The summed E-state index contributed by atoms with van der Waals surface area (Å²) in [6.45, 7) is 4.59. The molecule has 0 spiro atoms. The van der Waals surface area contributed by atoms with Crippen LogP contribution in [0.5, 0.6) is 0 Å². The van der Waals surface area contributed by atoms with Crippen LogP contribution in [0, 0.1) is 0 Å². The van der Waals surface area contributed by atoms with Crippen molar-refractivity contribution in [2.75, 3.05) is 38.3 Å². The van der Waals surface area contributed by atoms with Crippen molar-refractivity contribution in [3.63, 3.8) is 0 Å². The number of ether oxygens (including phenoxy) is 2. The second-order valence-electron chi connectivity index (χ2n) is 5.17. The van der Waals surface area contributed by atoms with Crippen LogP contribution >= 0.6 is 0 Å². The number of hydrogen-bond acceptors (Lipinski definition) is 5. The second kappa shape index (κ2) is 5.86. The molecule has 0 aliphatic carbocycles. The summed E-state index contributed by atoms with van der Waals surface area (Å²) >= 11 is 0. The van der Waals surface area contributed by atoms with Crippen LogP contribution in [0.15, 0.2) is 0 Å². The standard InChI is InChI=1S/C12H23NO4S/c1-3-10-7-13(5-4-6-17-10)11-8-18(14,15)9-12(11)16-2/h10-12H,3-9H2,1-2H3/t10?,11-,12+/m1/s1. The molecule has 0 aromatic carbocycles. The van der Waals surface area contributed by atoms with Crippen LogP contribution in [0.1, 0.15) is 19.8 Å². The lowest BCUT2D eigenvalue weighted by atomic mass is 10.1. The molecule has 0 aromatic heterocycles. The van der Waals surface area contributed by atoms with E-state index >= 15 is 0 Å². The molecule has 2 saturated heterocycles. The van der Waals surface area contributed by atoms with E-state index in [1.54, 1.807) is 7.11 Å². The largest absolute Gasteiger partial charge is 0.379 e. The van der Waals surface area contributed by atoms with Gasteiger partial charge in [0.2, 0.25) is 0 Å². The fraction of sp³-hybridized carbons (Fsp3) is 1.00. The molecular formula is C12H23NO4S. The van der Waals surface area contributed by atoms with E-state index in [1.165, 1.54) is 0 Å². The quantitative estimate of drug-likeness (QED) is 0.742. The first-order valence-electron chi connectivity index (χ1n) is 6.64. The number of nitrogens with zero attached hydrogens (tertiary/aromatic N) is 1. The Morgan fingerprint density at radius 2 is 2.17 bits per heavy atom. The minimum Gasteiger partial charge on any atom is -0.379 e. The van der Waals surface area contributed by atoms with Crippen molar-refractivity contribution in [2.24, 2.45) is 0 Å². The van der Waals surface area contributed by atoms with Gasteiger partial charge in [-0.3, -0.25) is 4.90 Å². The van der Waals surface area contributed by atoms with Gasteiger partial charge >= 0.3 is 0 Å². The Morgan fingerprint density at radius 3 is 2.83 bits per heavy atom. The third kappa shape index (κ3) is 3.23. The van der Waals surface area contributed by atoms with E-state index in [9.17, 15) is 8.42 Å². The fourth-order valence-electron chi connectivity index (χ4n) is 2.83. The number of rotatable bonds is 3. The highest BCUT2D eigenvalue weighted by Crippen LogP contribution is 2.23. The first-order chi connectivity index (χ1) is 8.55. The molecule has 0 aromatic rings. The van der Waals surface area contributed by atoms with Gasteiger partial charge in [0.1, 0.15) is 0 Å². The first-order valence-corrected chi connectivity index (χ1v) is 8.46. The summed E-state index contributed by atoms with van der Waals surface area (Å²) in [7, 11) is -1.35. The maximum atomic E-state index is 11.8. The molecule has 0 amide bonds. The fourth-order valence-corrected chi connectivity index (χ4v) is 4.77. The molecule has 0 N–H and O–H groups in total. The molecule has 1 unspecified atom stereocenters. The average Bonchev–Trinajstić information content (AvgIpc) is 2.53. The SMILES string of the molecule is CCC1CN([C@@H]2CS(=O)(=O)C[C@@H]2OC)CCCO1. The smallest absolute Gasteiger partial charge is 0.154 e. The van der Waals surface area contributed by atoms with E-state index in [4.69, 9.17) is 9.47 Å². The van der Waals surface area contributed by atoms with Crippen molar-refractivity contribution in [1.29, 1.82) is 0 Å². The second-order valence-corrected chi connectivity index (χ2v) is 7.32. The summed E-state index contributed by atoms with van der Waals surface area (Å²) in [5.41, 5.74) is 0. The molecule has 0 saturated carbocycles. The van der Waals surface area contributed by atoms with Gasteiger partial charge in [-0.2, -0.15) is 0 Å². The molecule has 0 bridgehead atoms. The highest BCUT2D eigenvalue weighted by molar-refractivity contribution is 7.91. The van der Waals surface area contributed by atoms with Crippen LogP contribution in [0.3, 0.4) is 0 Å². The topological polar surface area (TPSA) is 55.8 Å². The van der Waals surface area contributed by atoms with Crippen LogP contribution in [-0.4, -0.2) is 69.9 Å². The monoisotopic (exact) mass is 277 g/mol. The average molecular weight is 277 g/mol. The van der Waals surface area contributed by atoms with Crippen molar-refractivity contribution in [3.8, 4) is 0 Å². The van der Waals surface area contributed by atoms with Gasteiger partial charge in [-0.15, -0.1) is 0 Å². The normalized spacial score (nSPS) is 37.6. The van der Waals surface area contributed by atoms with E-state index in [1.807, 2.05) is 0 Å². The predicted molar refractivity (Wildman–Crippen MR) is 69.5 cm³/mol. The van der Waals surface area contributed by atoms with E-state index in [2.05, 4.69) is 11.8 Å². The molecule has 2 aliphatic rings. The lowest BCUT2D eigenvalue weighted by molar-refractivity contribution is 0.0178. The Hall–Kier alpha value is -0.170. The third-order valence-corrected chi connectivity index (χ3v) is 5.57. The van der Waals surface area contributed by atoms with Crippen molar-refractivity contribution >= 4 is 9.84 Å². The van der Waals surface area contributed by atoms with Crippen LogP contribution in [0.2, 0.25) is 0 Å². The predicted octanol–water partition coefficient (Wildman–Crippen LogP) is 0.299. The van der Waals surface area contributed by atoms with E-state index in [0.717, 1.165) is 32.5 Å². The van der Waals surface area contributed by atoms with Crippen molar-refractivity contribution in [1.82, 2.24) is 4.90 Å². The number of hydrogen-bond donors (Lipinski definition) is 0. The van der Waals surface area contributed by atoms with Gasteiger partial charge in [-0.05, 0) is 12.8 Å². The summed E-state index contributed by atoms with van der Waals surface area (Å²) in [6.07, 6.45) is 1.95. The summed E-state index contributed by atoms with van der Waals surface area (Å²) in [5.74, 6) is 0.379. The summed E-state index contributed by atoms with van der Waals surface area (Å²) in [5, 5.41) is 0. The first kappa shape index (κ1) is 14.2. The van der Waals surface area contributed by atoms with Gasteiger partial charge < -0.3 is 9.47 Å². The molecule has 3 atom stereocenters. The Morgan fingerprint density at radius 1 is 1.39 bits per heavy atom. The zero-order valence-electron chi connectivity index (χ0n) is 11.2. The molecule has 18 heavy (non-hydrogen) atoms. The van der Waals surface area contributed by atoms with Crippen molar-refractivity contribution in [3.05, 3.63) is 0 Å². The molecule has 2 aliphatic heterocycles. The molecule has 2 heterocycles. The maximum absolute atomic E-state index is 11.8. The highest BCUT2D eigenvalue weighted by atomic mass is 32.2. The van der Waals surface area contributed by atoms with Crippen molar-refractivity contribution < 1.29 is 17.9 Å². The highest BCUT2D eigenvalue weighted by Gasteiger charge is 2.41. The Kier molecular flexibility index (Phi) is 4.64. The zero-order valence-corrected chi connectivity index (χ0v) is 12.0. The molecule has 0 radical (unpaired) electrons. The van der Waals surface area contributed by atoms with Gasteiger partial charge in [0, 0.05) is 26.8 Å². The minimum absolute atomic E-state index is 0.00394. The lowest BCUT2D eigenvalue weighted by Gasteiger charge is -2.31. The summed E-state index contributed by atoms with van der Waals surface area (Å²) in [6, 6.07) is -0.00394. The van der Waals surface area contributed by atoms with Gasteiger partial charge in [0.05, 0.1) is 29.8 Å². The van der Waals surface area contributed by atoms with E-state index < -0.39 is 9.84 Å². The number of methoxy groups -OCH3 is 1. The Bertz CT molecular complexity index is 370. The van der Waals surface area contributed by atoms with Crippen LogP contribution in [-0.2, 0) is 19.3 Å². The number of sulfone groups is 1. The molecule has 5 nitrogen and oxygen atoms in total. The maximum Gasteiger partial charge on any atom is 0.154 e. The van der Waals surface area contributed by atoms with Crippen LogP contribution in [0.25, 0.3) is 0 Å². The van der Waals surface area contributed by atoms with Crippen molar-refractivity contribution in [2.45, 2.75) is 38.0 Å². The molecule has 2 fully saturated rings. The van der Waals surface area contributed by atoms with E-state index in [-0.39, 0.29) is 29.8 Å². The Balaban J connectivity index is 2.08. The Labute approximate surface area is 109 Å². The van der Waals surface area contributed by atoms with Gasteiger partial charge in [0.25, 0.3) is 0 Å². The molecular weight excluding hydrogens is 254 g/mol. The molecule has 106 valence electrons. The summed E-state index contributed by atoms with van der Waals surface area (Å²) in [4.78, 5) is 2.25. The van der Waals surface area contributed by atoms with Gasteiger partial charge in [0.15, 0.2) is 9.84 Å². The van der Waals surface area contributed by atoms with Crippen LogP contribution in [0.4, 0.5) is 0 Å². The van der Waals surface area contributed by atoms with Gasteiger partial charge in [-0.25, -0.2) is 8.42 Å². The summed E-state index contributed by atoms with van der Waals surface area (Å²) < 4.78 is 34.6. The third-order valence-electron chi connectivity index (χ3n) is 3.88. The van der Waals surface area contributed by atoms with Gasteiger partial charge in [-0.1, -0.05) is 6.92 Å². The van der Waals surface area contributed by atoms with E-state index in [0.29, 0.717) is 0 Å².